The maximum atomic E-state index is 11.4. The molecule has 3 heteroatoms. The summed E-state index contributed by atoms with van der Waals surface area (Å²) in [4.78, 5) is 22.3. The lowest BCUT2D eigenvalue weighted by Gasteiger charge is -2.26. The molecule has 17 heavy (non-hydrogen) atoms. The van der Waals surface area contributed by atoms with Gasteiger partial charge in [-0.2, -0.15) is 0 Å². The van der Waals surface area contributed by atoms with Crippen molar-refractivity contribution in [3.05, 3.63) is 11.1 Å². The van der Waals surface area contributed by atoms with Crippen LogP contribution in [0.5, 0.6) is 0 Å². The van der Waals surface area contributed by atoms with Gasteiger partial charge in [-0.15, -0.1) is 0 Å². The molecule has 0 aliphatic heterocycles. The minimum absolute atomic E-state index is 0.133. The highest BCUT2D eigenvalue weighted by atomic mass is 16.4. The Kier molecular flexibility index (Phi) is 3.65. The van der Waals surface area contributed by atoms with Gasteiger partial charge in [-0.3, -0.25) is 9.59 Å². The zero-order chi connectivity index (χ0) is 12.4. The number of carboxylic acid groups (broad SMARTS) is 1. The first-order chi connectivity index (χ1) is 8.08. The van der Waals surface area contributed by atoms with Crippen molar-refractivity contribution in [2.75, 3.05) is 0 Å². The van der Waals surface area contributed by atoms with Gasteiger partial charge in [0, 0.05) is 6.42 Å². The fourth-order valence-electron chi connectivity index (χ4n) is 3.05. The summed E-state index contributed by atoms with van der Waals surface area (Å²) in [5.41, 5.74) is 2.30. The van der Waals surface area contributed by atoms with Gasteiger partial charge in [0.2, 0.25) is 0 Å². The largest absolute Gasteiger partial charge is 0.481 e. The topological polar surface area (TPSA) is 54.4 Å². The van der Waals surface area contributed by atoms with Crippen molar-refractivity contribution in [3.8, 4) is 0 Å². The Hall–Kier alpha value is -1.12. The van der Waals surface area contributed by atoms with Crippen LogP contribution in [0.3, 0.4) is 0 Å². The van der Waals surface area contributed by atoms with Gasteiger partial charge in [0.1, 0.15) is 0 Å². The van der Waals surface area contributed by atoms with E-state index in [1.165, 1.54) is 5.57 Å². The van der Waals surface area contributed by atoms with E-state index in [-0.39, 0.29) is 5.92 Å². The number of carbonyl (C=O) groups excluding carboxylic acids is 1. The molecule has 0 aromatic carbocycles. The van der Waals surface area contributed by atoms with Gasteiger partial charge in [-0.25, -0.2) is 0 Å². The van der Waals surface area contributed by atoms with Crippen LogP contribution in [-0.4, -0.2) is 16.9 Å². The Morgan fingerprint density at radius 2 is 1.88 bits per heavy atom. The third-order valence-corrected chi connectivity index (χ3v) is 4.33. The second-order valence-corrected chi connectivity index (χ2v) is 5.41. The highest BCUT2D eigenvalue weighted by Crippen LogP contribution is 2.36. The van der Waals surface area contributed by atoms with E-state index in [0.29, 0.717) is 18.1 Å². The number of hydrogen-bond donors (Lipinski definition) is 1. The molecule has 94 valence electrons. The predicted molar refractivity (Wildman–Crippen MR) is 64.6 cm³/mol. The van der Waals surface area contributed by atoms with Gasteiger partial charge in [-0.1, -0.05) is 5.57 Å². The van der Waals surface area contributed by atoms with Crippen LogP contribution in [0.25, 0.3) is 0 Å². The monoisotopic (exact) mass is 236 g/mol. The molecule has 0 aromatic heterocycles. The quantitative estimate of drug-likeness (QED) is 0.819. The van der Waals surface area contributed by atoms with Crippen LogP contribution in [0.4, 0.5) is 0 Å². The summed E-state index contributed by atoms with van der Waals surface area (Å²) in [5, 5.41) is 8.93. The Labute approximate surface area is 102 Å². The van der Waals surface area contributed by atoms with Gasteiger partial charge < -0.3 is 5.11 Å². The molecule has 0 unspecified atom stereocenters. The number of rotatable bonds is 3. The summed E-state index contributed by atoms with van der Waals surface area (Å²) >= 11 is 0. The zero-order valence-corrected chi connectivity index (χ0v) is 10.4. The first kappa shape index (κ1) is 12.3. The molecule has 1 N–H and O–H groups in total. The fraction of sp³-hybridized carbons (Fsp3) is 0.714. The molecule has 0 heterocycles. The van der Waals surface area contributed by atoms with Crippen LogP contribution < -0.4 is 0 Å². The van der Waals surface area contributed by atoms with Gasteiger partial charge in [0.25, 0.3) is 0 Å². The summed E-state index contributed by atoms with van der Waals surface area (Å²) in [7, 11) is 0. The summed E-state index contributed by atoms with van der Waals surface area (Å²) in [6.07, 6.45) is 6.25. The normalized spacial score (nSPS) is 29.8. The molecular formula is C14H20O3. The van der Waals surface area contributed by atoms with Gasteiger partial charge in [0.05, 0.1) is 5.92 Å². The van der Waals surface area contributed by atoms with Gasteiger partial charge >= 0.3 is 5.97 Å². The smallest absolute Gasteiger partial charge is 0.306 e. The third-order valence-electron chi connectivity index (χ3n) is 4.33. The van der Waals surface area contributed by atoms with E-state index in [4.69, 9.17) is 5.11 Å². The van der Waals surface area contributed by atoms with E-state index in [1.54, 1.807) is 0 Å². The Morgan fingerprint density at radius 1 is 1.24 bits per heavy atom. The zero-order valence-electron chi connectivity index (χ0n) is 10.4. The lowest BCUT2D eigenvalue weighted by Crippen LogP contribution is -2.21. The number of allylic oxidation sites excluding steroid dienone is 2. The highest BCUT2D eigenvalue weighted by molar-refractivity contribution is 5.98. The molecular weight excluding hydrogens is 216 g/mol. The second-order valence-electron chi connectivity index (χ2n) is 5.41. The molecule has 2 aliphatic carbocycles. The summed E-state index contributed by atoms with van der Waals surface area (Å²) < 4.78 is 0. The molecule has 0 radical (unpaired) electrons. The highest BCUT2D eigenvalue weighted by Gasteiger charge is 2.28. The number of carboxylic acids is 1. The van der Waals surface area contributed by atoms with E-state index >= 15 is 0 Å². The molecule has 3 nitrogen and oxygen atoms in total. The molecule has 2 aliphatic rings. The molecule has 0 amide bonds. The van der Waals surface area contributed by atoms with Crippen LogP contribution >= 0.6 is 0 Å². The number of ketones is 1. The molecule has 1 saturated carbocycles. The maximum Gasteiger partial charge on any atom is 0.306 e. The molecule has 0 saturated heterocycles. The number of aliphatic carboxylic acids is 1. The summed E-state index contributed by atoms with van der Waals surface area (Å²) in [5.74, 6) is 0.127. The average molecular weight is 236 g/mol. The fourth-order valence-corrected chi connectivity index (χ4v) is 3.05. The minimum Gasteiger partial charge on any atom is -0.481 e. The van der Waals surface area contributed by atoms with Crippen LogP contribution in [0.15, 0.2) is 11.1 Å². The van der Waals surface area contributed by atoms with Gasteiger partial charge in [0.15, 0.2) is 5.78 Å². The molecule has 0 aromatic rings. The summed E-state index contributed by atoms with van der Waals surface area (Å²) in [6.45, 7) is 1.94. The first-order valence-electron chi connectivity index (χ1n) is 6.52. The predicted octanol–water partition coefficient (Wildman–Crippen LogP) is 2.95. The van der Waals surface area contributed by atoms with Crippen molar-refractivity contribution in [2.45, 2.75) is 51.9 Å². The molecule has 1 fully saturated rings. The minimum atomic E-state index is -0.644. The van der Waals surface area contributed by atoms with E-state index in [2.05, 4.69) is 0 Å². The SMILES string of the molecule is CC1=C(CC2CCC(C(=O)O)CC2)CCC1=O. The van der Waals surface area contributed by atoms with Crippen molar-refractivity contribution < 1.29 is 14.7 Å². The van der Waals surface area contributed by atoms with Crippen LogP contribution in [0.2, 0.25) is 0 Å². The third kappa shape index (κ3) is 2.76. The van der Waals surface area contributed by atoms with Crippen molar-refractivity contribution in [3.63, 3.8) is 0 Å². The Morgan fingerprint density at radius 3 is 2.35 bits per heavy atom. The first-order valence-corrected chi connectivity index (χ1v) is 6.52. The van der Waals surface area contributed by atoms with Gasteiger partial charge in [-0.05, 0) is 56.9 Å². The maximum absolute atomic E-state index is 11.4. The molecule has 2 rings (SSSR count). The number of Topliss-reactive ketones (excluding diaryl/α,β-unsaturated/α-hetero) is 1. The molecule has 0 spiro atoms. The summed E-state index contributed by atoms with van der Waals surface area (Å²) in [6, 6.07) is 0. The lowest BCUT2D eigenvalue weighted by molar-refractivity contribution is -0.143. The van der Waals surface area contributed by atoms with E-state index in [0.717, 1.165) is 44.1 Å². The van der Waals surface area contributed by atoms with Crippen molar-refractivity contribution in [2.24, 2.45) is 11.8 Å². The Bertz CT molecular complexity index is 360. The average Bonchev–Trinajstić information content (AvgIpc) is 2.62. The number of carbonyl (C=O) groups is 2. The van der Waals surface area contributed by atoms with Crippen LogP contribution in [0.1, 0.15) is 51.9 Å². The van der Waals surface area contributed by atoms with Crippen molar-refractivity contribution in [1.29, 1.82) is 0 Å². The lowest BCUT2D eigenvalue weighted by atomic mass is 9.79. The van der Waals surface area contributed by atoms with E-state index in [9.17, 15) is 9.59 Å². The molecule has 0 bridgehead atoms. The Balaban J connectivity index is 1.87. The van der Waals surface area contributed by atoms with Crippen LogP contribution in [-0.2, 0) is 9.59 Å². The van der Waals surface area contributed by atoms with Crippen LogP contribution in [0, 0.1) is 11.8 Å². The van der Waals surface area contributed by atoms with Crippen molar-refractivity contribution in [1.82, 2.24) is 0 Å². The van der Waals surface area contributed by atoms with E-state index in [1.807, 2.05) is 6.92 Å². The van der Waals surface area contributed by atoms with Crippen molar-refractivity contribution >= 4 is 11.8 Å². The number of hydrogen-bond acceptors (Lipinski definition) is 2. The standard InChI is InChI=1S/C14H20O3/c1-9-12(6-7-13(9)15)8-10-2-4-11(5-3-10)14(16)17/h10-11H,2-8H2,1H3,(H,16,17). The molecule has 0 atom stereocenters. The second kappa shape index (κ2) is 5.03. The van der Waals surface area contributed by atoms with E-state index < -0.39 is 5.97 Å².